The van der Waals surface area contributed by atoms with E-state index >= 15 is 0 Å². The second-order valence-corrected chi connectivity index (χ2v) is 6.06. The molecule has 1 rings (SSSR count). The second kappa shape index (κ2) is 7.54. The standard InChI is InChI=1S/C14H22O3S/c1-2-3-4-5-6-7-9-13-10-8-11-14(12-13)18(15,16)17/h8,10-12H,2-7,9H2,1H3,(H,15,16,17). The van der Waals surface area contributed by atoms with Crippen LogP contribution < -0.4 is 0 Å². The van der Waals surface area contributed by atoms with Gasteiger partial charge in [-0.1, -0.05) is 51.2 Å². The molecule has 0 fully saturated rings. The Morgan fingerprint density at radius 1 is 1.06 bits per heavy atom. The fraction of sp³-hybridized carbons (Fsp3) is 0.571. The molecule has 0 aliphatic heterocycles. The van der Waals surface area contributed by atoms with Gasteiger partial charge >= 0.3 is 0 Å². The van der Waals surface area contributed by atoms with Gasteiger partial charge in [-0.3, -0.25) is 4.55 Å². The summed E-state index contributed by atoms with van der Waals surface area (Å²) in [6.45, 7) is 2.20. The zero-order valence-corrected chi connectivity index (χ0v) is 11.7. The minimum atomic E-state index is -4.07. The lowest BCUT2D eigenvalue weighted by atomic mass is 10.1. The highest BCUT2D eigenvalue weighted by Gasteiger charge is 2.09. The van der Waals surface area contributed by atoms with Gasteiger partial charge < -0.3 is 0 Å². The third-order valence-corrected chi connectivity index (χ3v) is 3.86. The Morgan fingerprint density at radius 3 is 2.39 bits per heavy atom. The number of hydrogen-bond acceptors (Lipinski definition) is 2. The molecular formula is C14H22O3S. The minimum absolute atomic E-state index is 0.00835. The fourth-order valence-electron chi connectivity index (χ4n) is 1.97. The van der Waals surface area contributed by atoms with Crippen LogP contribution in [-0.2, 0) is 16.5 Å². The van der Waals surface area contributed by atoms with Crippen LogP contribution in [0.5, 0.6) is 0 Å². The van der Waals surface area contributed by atoms with E-state index in [0.29, 0.717) is 0 Å². The largest absolute Gasteiger partial charge is 0.294 e. The molecule has 0 heterocycles. The minimum Gasteiger partial charge on any atom is -0.282 e. The van der Waals surface area contributed by atoms with Crippen molar-refractivity contribution in [3.63, 3.8) is 0 Å². The Hall–Kier alpha value is -0.870. The number of unbranched alkanes of at least 4 members (excludes halogenated alkanes) is 5. The molecule has 0 saturated carbocycles. The molecule has 0 amide bonds. The van der Waals surface area contributed by atoms with Crippen LogP contribution in [0.2, 0.25) is 0 Å². The predicted molar refractivity (Wildman–Crippen MR) is 73.3 cm³/mol. The summed E-state index contributed by atoms with van der Waals surface area (Å²) >= 11 is 0. The maximum atomic E-state index is 11.0. The Kier molecular flexibility index (Phi) is 6.36. The van der Waals surface area contributed by atoms with Crippen molar-refractivity contribution in [3.8, 4) is 0 Å². The summed E-state index contributed by atoms with van der Waals surface area (Å²) in [5, 5.41) is 0. The van der Waals surface area contributed by atoms with Crippen LogP contribution in [0, 0.1) is 0 Å². The van der Waals surface area contributed by atoms with Crippen molar-refractivity contribution in [3.05, 3.63) is 29.8 Å². The summed E-state index contributed by atoms with van der Waals surface area (Å²) in [6, 6.07) is 6.55. The van der Waals surface area contributed by atoms with E-state index in [0.717, 1.165) is 18.4 Å². The van der Waals surface area contributed by atoms with E-state index in [1.165, 1.54) is 38.2 Å². The van der Waals surface area contributed by atoms with E-state index in [9.17, 15) is 8.42 Å². The Bertz CT molecular complexity index is 452. The molecule has 1 N–H and O–H groups in total. The molecule has 0 spiro atoms. The molecule has 1 aromatic carbocycles. The smallest absolute Gasteiger partial charge is 0.282 e. The van der Waals surface area contributed by atoms with Crippen LogP contribution in [0.25, 0.3) is 0 Å². The number of rotatable bonds is 8. The first-order valence-electron chi connectivity index (χ1n) is 6.60. The predicted octanol–water partition coefficient (Wildman–Crippen LogP) is 3.84. The van der Waals surface area contributed by atoms with Gasteiger partial charge in [0.15, 0.2) is 0 Å². The molecule has 0 aliphatic rings. The maximum absolute atomic E-state index is 11.0. The summed E-state index contributed by atoms with van der Waals surface area (Å²) in [7, 11) is -4.07. The summed E-state index contributed by atoms with van der Waals surface area (Å²) < 4.78 is 30.9. The lowest BCUT2D eigenvalue weighted by molar-refractivity contribution is 0.483. The van der Waals surface area contributed by atoms with E-state index < -0.39 is 10.1 Å². The van der Waals surface area contributed by atoms with Crippen molar-refractivity contribution in [1.82, 2.24) is 0 Å². The van der Waals surface area contributed by atoms with Crippen molar-refractivity contribution >= 4 is 10.1 Å². The third-order valence-electron chi connectivity index (χ3n) is 3.02. The average Bonchev–Trinajstić information content (AvgIpc) is 2.33. The van der Waals surface area contributed by atoms with Crippen LogP contribution in [0.3, 0.4) is 0 Å². The lowest BCUT2D eigenvalue weighted by Crippen LogP contribution is -1.98. The van der Waals surface area contributed by atoms with E-state index in [4.69, 9.17) is 4.55 Å². The quantitative estimate of drug-likeness (QED) is 0.577. The monoisotopic (exact) mass is 270 g/mol. The molecule has 0 atom stereocenters. The first kappa shape index (κ1) is 15.2. The van der Waals surface area contributed by atoms with Crippen molar-refractivity contribution in [1.29, 1.82) is 0 Å². The molecule has 0 aromatic heterocycles. The first-order valence-corrected chi connectivity index (χ1v) is 8.04. The van der Waals surface area contributed by atoms with Gasteiger partial charge in [0.2, 0.25) is 0 Å². The molecule has 0 saturated heterocycles. The highest BCUT2D eigenvalue weighted by molar-refractivity contribution is 7.85. The summed E-state index contributed by atoms with van der Waals surface area (Å²) in [6.07, 6.45) is 8.17. The number of aryl methyl sites for hydroxylation is 1. The maximum Gasteiger partial charge on any atom is 0.294 e. The van der Waals surface area contributed by atoms with Crippen molar-refractivity contribution in [2.45, 2.75) is 56.8 Å². The highest BCUT2D eigenvalue weighted by Crippen LogP contribution is 2.14. The van der Waals surface area contributed by atoms with Crippen molar-refractivity contribution < 1.29 is 13.0 Å². The van der Waals surface area contributed by atoms with Crippen LogP contribution in [-0.4, -0.2) is 13.0 Å². The van der Waals surface area contributed by atoms with E-state index in [-0.39, 0.29) is 4.90 Å². The third kappa shape index (κ3) is 5.65. The SMILES string of the molecule is CCCCCCCCc1cccc(S(=O)(=O)O)c1. The van der Waals surface area contributed by atoms with E-state index in [2.05, 4.69) is 6.92 Å². The molecule has 0 aliphatic carbocycles. The molecule has 0 unspecified atom stereocenters. The fourth-order valence-corrected chi connectivity index (χ4v) is 2.52. The van der Waals surface area contributed by atoms with Crippen molar-refractivity contribution in [2.24, 2.45) is 0 Å². The van der Waals surface area contributed by atoms with E-state index in [1.807, 2.05) is 6.07 Å². The average molecular weight is 270 g/mol. The molecule has 4 heteroatoms. The molecule has 102 valence electrons. The van der Waals surface area contributed by atoms with E-state index in [1.54, 1.807) is 12.1 Å². The molecule has 3 nitrogen and oxygen atoms in total. The van der Waals surface area contributed by atoms with Gasteiger partial charge in [-0.2, -0.15) is 8.42 Å². The zero-order chi connectivity index (χ0) is 13.4. The molecular weight excluding hydrogens is 248 g/mol. The molecule has 18 heavy (non-hydrogen) atoms. The molecule has 0 radical (unpaired) electrons. The van der Waals surface area contributed by atoms with Gasteiger partial charge in [0, 0.05) is 0 Å². The van der Waals surface area contributed by atoms with Gasteiger partial charge in [0.1, 0.15) is 0 Å². The van der Waals surface area contributed by atoms with Crippen LogP contribution >= 0.6 is 0 Å². The number of hydrogen-bond donors (Lipinski definition) is 1. The van der Waals surface area contributed by atoms with Crippen molar-refractivity contribution in [2.75, 3.05) is 0 Å². The topological polar surface area (TPSA) is 54.4 Å². The Balaban J connectivity index is 2.39. The van der Waals surface area contributed by atoms with Gasteiger partial charge in [-0.15, -0.1) is 0 Å². The lowest BCUT2D eigenvalue weighted by Gasteiger charge is -2.03. The van der Waals surface area contributed by atoms with Gasteiger partial charge in [-0.05, 0) is 30.5 Å². The molecule has 0 bridgehead atoms. The summed E-state index contributed by atoms with van der Waals surface area (Å²) in [4.78, 5) is -0.00835. The van der Waals surface area contributed by atoms with Crippen LogP contribution in [0.15, 0.2) is 29.2 Å². The van der Waals surface area contributed by atoms with Gasteiger partial charge in [0.25, 0.3) is 10.1 Å². The number of benzene rings is 1. The summed E-state index contributed by atoms with van der Waals surface area (Å²) in [5.74, 6) is 0. The Morgan fingerprint density at radius 2 is 1.72 bits per heavy atom. The summed E-state index contributed by atoms with van der Waals surface area (Å²) in [5.41, 5.74) is 0.973. The normalized spacial score (nSPS) is 11.7. The van der Waals surface area contributed by atoms with Crippen LogP contribution in [0.1, 0.15) is 51.0 Å². The highest BCUT2D eigenvalue weighted by atomic mass is 32.2. The zero-order valence-electron chi connectivity index (χ0n) is 10.9. The second-order valence-electron chi connectivity index (χ2n) is 4.64. The molecule has 1 aromatic rings. The van der Waals surface area contributed by atoms with Gasteiger partial charge in [-0.25, -0.2) is 0 Å². The Labute approximate surface area is 110 Å². The van der Waals surface area contributed by atoms with Crippen LogP contribution in [0.4, 0.5) is 0 Å². The first-order chi connectivity index (χ1) is 8.54. The van der Waals surface area contributed by atoms with Gasteiger partial charge in [0.05, 0.1) is 4.90 Å².